The van der Waals surface area contributed by atoms with Gasteiger partial charge in [-0.3, -0.25) is 0 Å². The van der Waals surface area contributed by atoms with Crippen LogP contribution in [0.1, 0.15) is 30.2 Å². The van der Waals surface area contributed by atoms with Crippen molar-refractivity contribution in [1.82, 2.24) is 0 Å². The van der Waals surface area contributed by atoms with Crippen LogP contribution in [0.3, 0.4) is 0 Å². The molecule has 4 rings (SSSR count). The Morgan fingerprint density at radius 1 is 1.21 bits per heavy atom. The molecule has 0 amide bonds. The van der Waals surface area contributed by atoms with E-state index >= 15 is 0 Å². The van der Waals surface area contributed by atoms with E-state index in [1.54, 1.807) is 0 Å². The number of carbonyl (C=O) groups is 1. The van der Waals surface area contributed by atoms with Crippen molar-refractivity contribution < 1.29 is 18.7 Å². The highest BCUT2D eigenvalue weighted by Gasteiger charge is 2.21. The van der Waals surface area contributed by atoms with Gasteiger partial charge in [-0.25, -0.2) is 4.79 Å². The summed E-state index contributed by atoms with van der Waals surface area (Å²) in [4.78, 5) is 14.3. The second-order valence-corrected chi connectivity index (χ2v) is 7.41. The molecular weight excluding hydrogens is 366 g/mol. The first kappa shape index (κ1) is 19.5. The summed E-state index contributed by atoms with van der Waals surface area (Å²) in [6, 6.07) is 16.7. The Balaban J connectivity index is 1.52. The van der Waals surface area contributed by atoms with Crippen molar-refractivity contribution in [2.45, 2.75) is 38.8 Å². The fourth-order valence-electron chi connectivity index (χ4n) is 4.07. The summed E-state index contributed by atoms with van der Waals surface area (Å²) in [7, 11) is 1.39. The topological polar surface area (TPSA) is 51.9 Å². The van der Waals surface area contributed by atoms with Gasteiger partial charge >= 0.3 is 5.97 Å². The molecular formula is C24H27NO4. The number of esters is 1. The summed E-state index contributed by atoms with van der Waals surface area (Å²) < 4.78 is 16.5. The number of benzene rings is 2. The normalized spacial score (nSPS) is 14.6. The maximum Gasteiger partial charge on any atom is 0.335 e. The number of carbonyl (C=O) groups excluding carboxylic acids is 1. The first-order chi connectivity index (χ1) is 14.2. The number of furan rings is 1. The first-order valence-electron chi connectivity index (χ1n) is 10.2. The Hall–Kier alpha value is -2.79. The molecule has 5 nitrogen and oxygen atoms in total. The summed E-state index contributed by atoms with van der Waals surface area (Å²) >= 11 is 0. The molecule has 3 aromatic rings. The van der Waals surface area contributed by atoms with Crippen molar-refractivity contribution in [1.29, 1.82) is 0 Å². The van der Waals surface area contributed by atoms with Crippen LogP contribution in [-0.2, 0) is 33.7 Å². The van der Waals surface area contributed by atoms with Gasteiger partial charge in [0.2, 0.25) is 0 Å². The largest absolute Gasteiger partial charge is 0.467 e. The monoisotopic (exact) mass is 393 g/mol. The molecule has 0 N–H and O–H groups in total. The second-order valence-electron chi connectivity index (χ2n) is 7.41. The minimum Gasteiger partial charge on any atom is -0.467 e. The van der Waals surface area contributed by atoms with Crippen molar-refractivity contribution in [2.75, 3.05) is 25.2 Å². The number of methoxy groups -OCH3 is 1. The molecule has 0 spiro atoms. The van der Waals surface area contributed by atoms with E-state index in [2.05, 4.69) is 41.3 Å². The lowest BCUT2D eigenvalue weighted by Gasteiger charge is -2.30. The third-order valence-electron chi connectivity index (χ3n) is 5.44. The molecule has 0 radical (unpaired) electrons. The van der Waals surface area contributed by atoms with Gasteiger partial charge in [0.05, 0.1) is 13.7 Å². The summed E-state index contributed by atoms with van der Waals surface area (Å²) in [5, 5.41) is 1.04. The molecule has 0 saturated heterocycles. The fourth-order valence-corrected chi connectivity index (χ4v) is 4.07. The zero-order chi connectivity index (χ0) is 20.2. The molecule has 1 atom stereocenters. The first-order valence-corrected chi connectivity index (χ1v) is 10.2. The standard InChI is InChI=1S/C24H27NO4/c1-3-28-23(24(26)27-2)14-17-10-11-22-19(13-17)15-20(29-22)16-25-12-6-8-18-7-4-5-9-21(18)25/h4-5,7,9-11,13,15,23H,3,6,8,12,14,16H2,1-2H3. The van der Waals surface area contributed by atoms with Crippen LogP contribution in [0, 0.1) is 0 Å². The Morgan fingerprint density at radius 2 is 2.07 bits per heavy atom. The minimum atomic E-state index is -0.585. The molecule has 1 unspecified atom stereocenters. The van der Waals surface area contributed by atoms with Crippen LogP contribution in [0.5, 0.6) is 0 Å². The number of rotatable bonds is 7. The van der Waals surface area contributed by atoms with E-state index in [0.717, 1.165) is 48.2 Å². The van der Waals surface area contributed by atoms with Crippen molar-refractivity contribution in [2.24, 2.45) is 0 Å². The average molecular weight is 393 g/mol. The van der Waals surface area contributed by atoms with E-state index in [9.17, 15) is 4.79 Å². The number of fused-ring (bicyclic) bond motifs is 2. The predicted octanol–water partition coefficient (Wildman–Crippen LogP) is 4.51. The van der Waals surface area contributed by atoms with Crippen molar-refractivity contribution >= 4 is 22.6 Å². The van der Waals surface area contributed by atoms with Gasteiger partial charge in [-0.2, -0.15) is 0 Å². The SMILES string of the molecule is CCOC(Cc1ccc2oc(CN3CCCc4ccccc43)cc2c1)C(=O)OC. The van der Waals surface area contributed by atoms with Gasteiger partial charge in [-0.1, -0.05) is 24.3 Å². The highest BCUT2D eigenvalue weighted by molar-refractivity contribution is 5.80. The van der Waals surface area contributed by atoms with E-state index in [4.69, 9.17) is 13.9 Å². The van der Waals surface area contributed by atoms with Crippen molar-refractivity contribution in [3.63, 3.8) is 0 Å². The number of aryl methyl sites for hydroxylation is 1. The van der Waals surface area contributed by atoms with Crippen LogP contribution in [-0.4, -0.2) is 32.3 Å². The fraction of sp³-hybridized carbons (Fsp3) is 0.375. The molecule has 5 heteroatoms. The molecule has 0 bridgehead atoms. The summed E-state index contributed by atoms with van der Waals surface area (Å²) in [6.07, 6.45) is 2.19. The summed E-state index contributed by atoms with van der Waals surface area (Å²) in [6.45, 7) is 4.13. The number of hydrogen-bond donors (Lipinski definition) is 0. The second kappa shape index (κ2) is 8.70. The molecule has 0 fully saturated rings. The Morgan fingerprint density at radius 3 is 2.90 bits per heavy atom. The molecule has 1 aromatic heterocycles. The van der Waals surface area contributed by atoms with Gasteiger partial charge in [0, 0.05) is 30.6 Å². The third-order valence-corrected chi connectivity index (χ3v) is 5.44. The van der Waals surface area contributed by atoms with Gasteiger partial charge in [0.15, 0.2) is 6.10 Å². The van der Waals surface area contributed by atoms with E-state index < -0.39 is 6.10 Å². The molecule has 2 aromatic carbocycles. The minimum absolute atomic E-state index is 0.344. The number of anilines is 1. The number of nitrogens with zero attached hydrogens (tertiary/aromatic N) is 1. The van der Waals surface area contributed by atoms with E-state index in [1.807, 2.05) is 19.1 Å². The lowest BCUT2D eigenvalue weighted by molar-refractivity contribution is -0.153. The smallest absolute Gasteiger partial charge is 0.335 e. The zero-order valence-electron chi connectivity index (χ0n) is 17.0. The Kier molecular flexibility index (Phi) is 5.86. The molecule has 0 aliphatic carbocycles. The molecule has 0 saturated carbocycles. The third kappa shape index (κ3) is 4.30. The Bertz CT molecular complexity index is 993. The van der Waals surface area contributed by atoms with Crippen molar-refractivity contribution in [3.8, 4) is 0 Å². The van der Waals surface area contributed by atoms with Gasteiger partial charge in [-0.15, -0.1) is 0 Å². The molecule has 29 heavy (non-hydrogen) atoms. The van der Waals surface area contributed by atoms with Gasteiger partial charge in [0.1, 0.15) is 11.3 Å². The molecule has 1 aliphatic rings. The Labute approximate surface area is 171 Å². The van der Waals surface area contributed by atoms with Crippen LogP contribution in [0.15, 0.2) is 52.9 Å². The van der Waals surface area contributed by atoms with E-state index in [0.29, 0.717) is 13.0 Å². The summed E-state index contributed by atoms with van der Waals surface area (Å²) in [5.41, 5.74) is 4.59. The van der Waals surface area contributed by atoms with Crippen LogP contribution in [0.4, 0.5) is 5.69 Å². The lowest BCUT2D eigenvalue weighted by Crippen LogP contribution is -2.28. The van der Waals surface area contributed by atoms with E-state index in [1.165, 1.54) is 18.4 Å². The highest BCUT2D eigenvalue weighted by atomic mass is 16.6. The van der Waals surface area contributed by atoms with Gasteiger partial charge in [-0.05, 0) is 55.2 Å². The zero-order valence-corrected chi connectivity index (χ0v) is 17.0. The number of ether oxygens (including phenoxy) is 2. The average Bonchev–Trinajstić information content (AvgIpc) is 3.14. The maximum absolute atomic E-state index is 11.9. The number of para-hydroxylation sites is 1. The van der Waals surface area contributed by atoms with Crippen molar-refractivity contribution in [3.05, 3.63) is 65.4 Å². The van der Waals surface area contributed by atoms with Crippen LogP contribution < -0.4 is 4.90 Å². The predicted molar refractivity (Wildman–Crippen MR) is 113 cm³/mol. The van der Waals surface area contributed by atoms with Crippen LogP contribution >= 0.6 is 0 Å². The number of hydrogen-bond acceptors (Lipinski definition) is 5. The van der Waals surface area contributed by atoms with E-state index in [-0.39, 0.29) is 5.97 Å². The molecule has 1 aliphatic heterocycles. The molecule has 2 heterocycles. The maximum atomic E-state index is 11.9. The quantitative estimate of drug-likeness (QED) is 0.553. The molecule has 152 valence electrons. The summed E-state index contributed by atoms with van der Waals surface area (Å²) in [5.74, 6) is 0.603. The van der Waals surface area contributed by atoms with Crippen LogP contribution in [0.25, 0.3) is 11.0 Å². The lowest BCUT2D eigenvalue weighted by atomic mass is 10.0. The van der Waals surface area contributed by atoms with Crippen LogP contribution in [0.2, 0.25) is 0 Å². The van der Waals surface area contributed by atoms with Gasteiger partial charge in [0.25, 0.3) is 0 Å². The highest BCUT2D eigenvalue weighted by Crippen LogP contribution is 2.30. The van der Waals surface area contributed by atoms with Gasteiger partial charge < -0.3 is 18.8 Å².